The minimum atomic E-state index is -0.354. The zero-order chi connectivity index (χ0) is 15.9. The molecule has 2 aromatic rings. The molecule has 0 fully saturated rings. The van der Waals surface area contributed by atoms with Crippen LogP contribution < -0.4 is 5.73 Å². The van der Waals surface area contributed by atoms with Gasteiger partial charge in [0.15, 0.2) is 0 Å². The lowest BCUT2D eigenvalue weighted by Gasteiger charge is -2.11. The summed E-state index contributed by atoms with van der Waals surface area (Å²) in [6.45, 7) is 0.0961. The van der Waals surface area contributed by atoms with Gasteiger partial charge >= 0.3 is 5.97 Å². The molecule has 4 nitrogen and oxygen atoms in total. The number of nitrogens with zero attached hydrogens (tertiary/aromatic N) is 1. The highest BCUT2D eigenvalue weighted by Gasteiger charge is 2.12. The maximum atomic E-state index is 11.8. The summed E-state index contributed by atoms with van der Waals surface area (Å²) < 4.78 is 5.18. The maximum absolute atomic E-state index is 11.8. The van der Waals surface area contributed by atoms with Crippen LogP contribution in [0.5, 0.6) is 0 Å². The largest absolute Gasteiger partial charge is 0.461 e. The number of carbonyl (C=O) groups is 1. The van der Waals surface area contributed by atoms with Crippen molar-refractivity contribution < 1.29 is 9.53 Å². The van der Waals surface area contributed by atoms with Crippen molar-refractivity contribution in [1.82, 2.24) is 4.98 Å². The summed E-state index contributed by atoms with van der Waals surface area (Å²) in [7, 11) is 0. The Morgan fingerprint density at radius 3 is 2.35 bits per heavy atom. The van der Waals surface area contributed by atoms with E-state index in [4.69, 9.17) is 33.7 Å². The highest BCUT2D eigenvalue weighted by Crippen LogP contribution is 2.15. The van der Waals surface area contributed by atoms with Crippen LogP contribution in [0.1, 0.15) is 17.5 Å². The Morgan fingerprint density at radius 2 is 1.74 bits per heavy atom. The van der Waals surface area contributed by atoms with Crippen LogP contribution in [0.3, 0.4) is 0 Å². The first-order chi connectivity index (χ1) is 10.5. The molecule has 7 heteroatoms. The van der Waals surface area contributed by atoms with Crippen molar-refractivity contribution >= 4 is 41.6 Å². The minimum Gasteiger partial charge on any atom is -0.461 e. The predicted molar refractivity (Wildman–Crippen MR) is 94.0 cm³/mol. The predicted octanol–water partition coefficient (Wildman–Crippen LogP) is 3.81. The fraction of sp³-hybridized carbons (Fsp3) is 0.250. The third kappa shape index (κ3) is 7.18. The second kappa shape index (κ2) is 9.73. The van der Waals surface area contributed by atoms with Gasteiger partial charge in [-0.15, -0.1) is 12.4 Å². The fourth-order valence-electron chi connectivity index (χ4n) is 2.02. The third-order valence-electron chi connectivity index (χ3n) is 2.99. The molecular weight excluding hydrogens is 359 g/mol. The van der Waals surface area contributed by atoms with Crippen molar-refractivity contribution in [1.29, 1.82) is 0 Å². The van der Waals surface area contributed by atoms with E-state index in [9.17, 15) is 4.79 Å². The molecule has 1 aromatic heterocycles. The van der Waals surface area contributed by atoms with Gasteiger partial charge in [0.2, 0.25) is 0 Å². The summed E-state index contributed by atoms with van der Waals surface area (Å²) >= 11 is 11.6. The van der Waals surface area contributed by atoms with Gasteiger partial charge in [-0.1, -0.05) is 53.5 Å². The molecule has 0 aliphatic heterocycles. The van der Waals surface area contributed by atoms with Crippen molar-refractivity contribution in [2.24, 2.45) is 5.73 Å². The number of ether oxygens (including phenoxy) is 1. The average Bonchev–Trinajstić information content (AvgIpc) is 2.45. The number of hydrogen-bond acceptors (Lipinski definition) is 4. The van der Waals surface area contributed by atoms with Gasteiger partial charge in [-0.05, 0) is 29.7 Å². The Balaban J connectivity index is 0.00000264. The zero-order valence-corrected chi connectivity index (χ0v) is 14.6. The van der Waals surface area contributed by atoms with E-state index in [1.165, 1.54) is 0 Å². The van der Waals surface area contributed by atoms with Crippen LogP contribution in [0.15, 0.2) is 42.5 Å². The third-order valence-corrected chi connectivity index (χ3v) is 3.38. The molecule has 0 bridgehead atoms. The summed E-state index contributed by atoms with van der Waals surface area (Å²) in [6.07, 6.45) is 0.782. The van der Waals surface area contributed by atoms with E-state index in [1.54, 1.807) is 12.1 Å². The van der Waals surface area contributed by atoms with Crippen molar-refractivity contribution in [3.05, 3.63) is 63.9 Å². The Labute approximate surface area is 151 Å². The number of pyridine rings is 1. The topological polar surface area (TPSA) is 65.2 Å². The molecular formula is C16H17Cl3N2O2. The van der Waals surface area contributed by atoms with E-state index in [1.807, 2.05) is 30.3 Å². The standard InChI is InChI=1S/C16H16Cl2N2O2.ClH/c17-14-7-12(8-15(18)20-14)10-22-16(21)9-13(19)6-11-4-2-1-3-5-11;/h1-5,7-8,13H,6,9-10,19H2;1H/t13-;/m1./s1. The summed E-state index contributed by atoms with van der Waals surface area (Å²) in [5, 5.41) is 0.527. The van der Waals surface area contributed by atoms with Crippen LogP contribution in [0.4, 0.5) is 0 Å². The molecule has 0 radical (unpaired) electrons. The lowest BCUT2D eigenvalue weighted by Crippen LogP contribution is -2.27. The monoisotopic (exact) mass is 374 g/mol. The van der Waals surface area contributed by atoms with E-state index in [0.29, 0.717) is 12.0 Å². The van der Waals surface area contributed by atoms with E-state index in [2.05, 4.69) is 4.98 Å². The number of halogens is 3. The fourth-order valence-corrected chi connectivity index (χ4v) is 2.53. The number of esters is 1. The van der Waals surface area contributed by atoms with Gasteiger partial charge < -0.3 is 10.5 Å². The lowest BCUT2D eigenvalue weighted by atomic mass is 10.0. The van der Waals surface area contributed by atoms with E-state index in [0.717, 1.165) is 5.56 Å². The summed E-state index contributed by atoms with van der Waals surface area (Å²) in [6, 6.07) is 12.7. The molecule has 1 aromatic carbocycles. The lowest BCUT2D eigenvalue weighted by molar-refractivity contribution is -0.145. The first-order valence-corrected chi connectivity index (χ1v) is 7.55. The Morgan fingerprint density at radius 1 is 1.13 bits per heavy atom. The van der Waals surface area contributed by atoms with Gasteiger partial charge in [-0.2, -0.15) is 0 Å². The average molecular weight is 376 g/mol. The zero-order valence-electron chi connectivity index (χ0n) is 12.2. The smallest absolute Gasteiger partial charge is 0.307 e. The number of benzene rings is 1. The van der Waals surface area contributed by atoms with Crippen molar-refractivity contribution in [2.45, 2.75) is 25.5 Å². The quantitative estimate of drug-likeness (QED) is 0.616. The van der Waals surface area contributed by atoms with Gasteiger partial charge in [-0.3, -0.25) is 4.79 Å². The van der Waals surface area contributed by atoms with Crippen LogP contribution in [0.2, 0.25) is 10.3 Å². The first-order valence-electron chi connectivity index (χ1n) is 6.80. The van der Waals surface area contributed by atoms with E-state index in [-0.39, 0.29) is 47.8 Å². The summed E-state index contributed by atoms with van der Waals surface area (Å²) in [4.78, 5) is 15.6. The number of hydrogen-bond donors (Lipinski definition) is 1. The van der Waals surface area contributed by atoms with Crippen LogP contribution in [0.25, 0.3) is 0 Å². The van der Waals surface area contributed by atoms with Crippen molar-refractivity contribution in [2.75, 3.05) is 0 Å². The Bertz CT molecular complexity index is 618. The van der Waals surface area contributed by atoms with Gasteiger partial charge in [0.1, 0.15) is 16.9 Å². The van der Waals surface area contributed by atoms with Crippen LogP contribution in [-0.2, 0) is 22.6 Å². The molecule has 1 atom stereocenters. The highest BCUT2D eigenvalue weighted by atomic mass is 35.5. The Kier molecular flexibility index (Phi) is 8.34. The number of nitrogens with two attached hydrogens (primary N) is 1. The van der Waals surface area contributed by atoms with Gasteiger partial charge in [0.25, 0.3) is 0 Å². The normalized spacial score (nSPS) is 11.4. The Hall–Kier alpha value is -1.33. The molecule has 2 N–H and O–H groups in total. The van der Waals surface area contributed by atoms with Gasteiger partial charge in [0, 0.05) is 6.04 Å². The second-order valence-electron chi connectivity index (χ2n) is 4.94. The molecule has 0 unspecified atom stereocenters. The SMILES string of the molecule is Cl.N[C@@H](CC(=O)OCc1cc(Cl)nc(Cl)c1)Cc1ccccc1. The maximum Gasteiger partial charge on any atom is 0.307 e. The van der Waals surface area contributed by atoms with Crippen molar-refractivity contribution in [3.63, 3.8) is 0 Å². The van der Waals surface area contributed by atoms with E-state index >= 15 is 0 Å². The van der Waals surface area contributed by atoms with E-state index < -0.39 is 0 Å². The molecule has 0 saturated heterocycles. The summed E-state index contributed by atoms with van der Waals surface area (Å²) in [5.74, 6) is -0.354. The molecule has 0 amide bonds. The van der Waals surface area contributed by atoms with Crippen LogP contribution in [0, 0.1) is 0 Å². The molecule has 0 aliphatic rings. The minimum absolute atomic E-state index is 0. The summed E-state index contributed by atoms with van der Waals surface area (Å²) in [5.41, 5.74) is 7.75. The molecule has 0 spiro atoms. The van der Waals surface area contributed by atoms with Gasteiger partial charge in [-0.25, -0.2) is 4.98 Å². The molecule has 124 valence electrons. The molecule has 1 heterocycles. The molecule has 23 heavy (non-hydrogen) atoms. The molecule has 0 saturated carbocycles. The number of carbonyl (C=O) groups excluding carboxylic acids is 1. The molecule has 2 rings (SSSR count). The van der Waals surface area contributed by atoms with Crippen molar-refractivity contribution in [3.8, 4) is 0 Å². The second-order valence-corrected chi connectivity index (χ2v) is 5.71. The molecule has 0 aliphatic carbocycles. The van der Waals surface area contributed by atoms with Crippen LogP contribution in [-0.4, -0.2) is 17.0 Å². The van der Waals surface area contributed by atoms with Gasteiger partial charge in [0.05, 0.1) is 6.42 Å². The highest BCUT2D eigenvalue weighted by molar-refractivity contribution is 6.32. The number of rotatable bonds is 6. The number of aromatic nitrogens is 1. The first kappa shape index (κ1) is 19.7. The van der Waals surface area contributed by atoms with Crippen LogP contribution >= 0.6 is 35.6 Å².